The van der Waals surface area contributed by atoms with E-state index in [-0.39, 0.29) is 11.5 Å². The summed E-state index contributed by atoms with van der Waals surface area (Å²) in [5.41, 5.74) is 0.750. The largest absolute Gasteiger partial charge is 0.494 e. The van der Waals surface area contributed by atoms with Crippen molar-refractivity contribution >= 4 is 15.8 Å². The van der Waals surface area contributed by atoms with Crippen LogP contribution in [-0.2, 0) is 19.4 Å². The lowest BCUT2D eigenvalue weighted by molar-refractivity contribution is -0.146. The molecule has 0 amide bonds. The van der Waals surface area contributed by atoms with Crippen LogP contribution in [0.3, 0.4) is 0 Å². The normalized spacial score (nSPS) is 16.7. The van der Waals surface area contributed by atoms with Crippen LogP contribution in [0.15, 0.2) is 53.4 Å². The quantitative estimate of drug-likeness (QED) is 0.195. The average molecular weight is 560 g/mol. The number of unbranched alkanes of at least 4 members (excludes halogenated alkanes) is 1. The van der Waals surface area contributed by atoms with Crippen LogP contribution < -0.4 is 9.47 Å². The van der Waals surface area contributed by atoms with Crippen molar-refractivity contribution in [2.24, 2.45) is 0 Å². The number of rotatable bonds is 15. The summed E-state index contributed by atoms with van der Waals surface area (Å²) >= 11 is 0. The van der Waals surface area contributed by atoms with Gasteiger partial charge in [0.1, 0.15) is 18.1 Å². The van der Waals surface area contributed by atoms with Gasteiger partial charge in [0.2, 0.25) is 0 Å². The Kier molecular flexibility index (Phi) is 11.7. The number of sulfone groups is 1. The Morgan fingerprint density at radius 3 is 2.05 bits per heavy atom. The molecule has 7 nitrogen and oxygen atoms in total. The SMILES string of the molecule is CCCCOc1ccc(S(=O)(=O)C(C)(C(=O)OCC)C(CC)c2ccc(OCCN3CCCCC3)cc2)cc1. The van der Waals surface area contributed by atoms with E-state index in [2.05, 4.69) is 11.8 Å². The topological polar surface area (TPSA) is 82.1 Å². The molecule has 0 radical (unpaired) electrons. The van der Waals surface area contributed by atoms with Gasteiger partial charge in [-0.1, -0.05) is 38.8 Å². The highest BCUT2D eigenvalue weighted by Crippen LogP contribution is 2.42. The van der Waals surface area contributed by atoms with Crippen LogP contribution in [0.2, 0.25) is 0 Å². The first-order chi connectivity index (χ1) is 18.8. The smallest absolute Gasteiger partial charge is 0.328 e. The van der Waals surface area contributed by atoms with Crippen molar-refractivity contribution in [2.75, 3.05) is 39.5 Å². The second-order valence-corrected chi connectivity index (χ2v) is 12.6. The molecule has 3 rings (SSSR count). The van der Waals surface area contributed by atoms with E-state index in [4.69, 9.17) is 14.2 Å². The van der Waals surface area contributed by atoms with Crippen LogP contribution in [0.5, 0.6) is 11.5 Å². The Labute approximate surface area is 234 Å². The lowest BCUT2D eigenvalue weighted by Crippen LogP contribution is -2.49. The molecule has 216 valence electrons. The van der Waals surface area contributed by atoms with Gasteiger partial charge in [-0.2, -0.15) is 0 Å². The number of ether oxygens (including phenoxy) is 3. The Morgan fingerprint density at radius 1 is 0.897 bits per heavy atom. The minimum absolute atomic E-state index is 0.0667. The van der Waals surface area contributed by atoms with Crippen molar-refractivity contribution in [3.8, 4) is 11.5 Å². The number of carbonyl (C=O) groups excluding carboxylic acids is 1. The zero-order valence-electron chi connectivity index (χ0n) is 24.0. The van der Waals surface area contributed by atoms with Crippen LogP contribution in [0, 0.1) is 0 Å². The predicted molar refractivity (Wildman–Crippen MR) is 154 cm³/mol. The summed E-state index contributed by atoms with van der Waals surface area (Å²) in [6, 6.07) is 13.8. The summed E-state index contributed by atoms with van der Waals surface area (Å²) < 4.78 is 43.4. The second-order valence-electron chi connectivity index (χ2n) is 10.3. The number of hydrogen-bond acceptors (Lipinski definition) is 7. The molecule has 1 heterocycles. The summed E-state index contributed by atoms with van der Waals surface area (Å²) in [7, 11) is -4.13. The number of likely N-dealkylation sites (tertiary alicyclic amines) is 1. The van der Waals surface area contributed by atoms with E-state index in [1.807, 2.05) is 31.2 Å². The fourth-order valence-electron chi connectivity index (χ4n) is 5.22. The van der Waals surface area contributed by atoms with Crippen molar-refractivity contribution in [3.05, 3.63) is 54.1 Å². The van der Waals surface area contributed by atoms with Crippen LogP contribution in [0.1, 0.15) is 77.7 Å². The van der Waals surface area contributed by atoms with E-state index >= 15 is 0 Å². The molecule has 2 aromatic rings. The monoisotopic (exact) mass is 559 g/mol. The lowest BCUT2D eigenvalue weighted by Gasteiger charge is -2.35. The van der Waals surface area contributed by atoms with E-state index in [0.717, 1.165) is 43.8 Å². The van der Waals surface area contributed by atoms with Crippen molar-refractivity contribution in [1.82, 2.24) is 4.90 Å². The summed E-state index contributed by atoms with van der Waals surface area (Å²) in [4.78, 5) is 15.9. The molecule has 39 heavy (non-hydrogen) atoms. The minimum Gasteiger partial charge on any atom is -0.494 e. The molecule has 1 fully saturated rings. The Morgan fingerprint density at radius 2 is 1.49 bits per heavy atom. The Balaban J connectivity index is 1.82. The first kappa shape index (κ1) is 31.0. The van der Waals surface area contributed by atoms with E-state index in [0.29, 0.717) is 25.4 Å². The summed E-state index contributed by atoms with van der Waals surface area (Å²) in [5, 5.41) is 0. The predicted octanol–water partition coefficient (Wildman–Crippen LogP) is 6.02. The zero-order valence-corrected chi connectivity index (χ0v) is 24.8. The van der Waals surface area contributed by atoms with Crippen molar-refractivity contribution in [1.29, 1.82) is 0 Å². The maximum absolute atomic E-state index is 14.1. The van der Waals surface area contributed by atoms with Gasteiger partial charge in [0, 0.05) is 12.5 Å². The number of carbonyl (C=O) groups is 1. The number of nitrogens with zero attached hydrogens (tertiary/aromatic N) is 1. The number of benzene rings is 2. The van der Waals surface area contributed by atoms with Gasteiger partial charge in [-0.25, -0.2) is 8.42 Å². The fourth-order valence-corrected chi connectivity index (χ4v) is 7.16. The molecule has 0 N–H and O–H groups in total. The maximum atomic E-state index is 14.1. The first-order valence-corrected chi connectivity index (χ1v) is 15.9. The van der Waals surface area contributed by atoms with Crippen molar-refractivity contribution in [2.45, 2.75) is 81.8 Å². The van der Waals surface area contributed by atoms with Gasteiger partial charge in [0.05, 0.1) is 18.1 Å². The molecular weight excluding hydrogens is 514 g/mol. The highest BCUT2D eigenvalue weighted by Gasteiger charge is 2.54. The molecule has 0 saturated carbocycles. The molecule has 1 saturated heterocycles. The van der Waals surface area contributed by atoms with E-state index < -0.39 is 26.5 Å². The lowest BCUT2D eigenvalue weighted by atomic mass is 9.84. The highest BCUT2D eigenvalue weighted by molar-refractivity contribution is 7.93. The van der Waals surface area contributed by atoms with Crippen LogP contribution >= 0.6 is 0 Å². The third-order valence-electron chi connectivity index (χ3n) is 7.62. The standard InChI is InChI=1S/C31H45NO6S/c1-5-8-23-37-27-16-18-28(19-17-27)39(34,35)31(4,30(33)36-7-3)29(6-2)25-12-14-26(15-13-25)38-24-22-32-20-10-9-11-21-32/h12-19,29H,5-11,20-24H2,1-4H3. The molecule has 1 aliphatic heterocycles. The van der Waals surface area contributed by atoms with Gasteiger partial charge in [-0.15, -0.1) is 0 Å². The van der Waals surface area contributed by atoms with Gasteiger partial charge < -0.3 is 14.2 Å². The van der Waals surface area contributed by atoms with Gasteiger partial charge in [0.15, 0.2) is 14.6 Å². The number of piperidine rings is 1. The van der Waals surface area contributed by atoms with Gasteiger partial charge in [0.25, 0.3) is 0 Å². The fraction of sp³-hybridized carbons (Fsp3) is 0.581. The molecule has 0 bridgehead atoms. The van der Waals surface area contributed by atoms with Gasteiger partial charge in [-0.3, -0.25) is 9.69 Å². The number of esters is 1. The van der Waals surface area contributed by atoms with Crippen LogP contribution in [-0.4, -0.2) is 63.5 Å². The average Bonchev–Trinajstić information content (AvgIpc) is 2.95. The van der Waals surface area contributed by atoms with Crippen molar-refractivity contribution < 1.29 is 27.4 Å². The third-order valence-corrected chi connectivity index (χ3v) is 10.1. The Bertz CT molecular complexity index is 1130. The molecule has 0 aromatic heterocycles. The first-order valence-electron chi connectivity index (χ1n) is 14.4. The van der Waals surface area contributed by atoms with E-state index in [1.165, 1.54) is 38.3 Å². The summed E-state index contributed by atoms with van der Waals surface area (Å²) in [5.74, 6) is -0.0421. The zero-order chi connectivity index (χ0) is 28.3. The van der Waals surface area contributed by atoms with E-state index in [1.54, 1.807) is 19.1 Å². The molecular formula is C31H45NO6S. The Hall–Kier alpha value is -2.58. The van der Waals surface area contributed by atoms with Crippen molar-refractivity contribution in [3.63, 3.8) is 0 Å². The van der Waals surface area contributed by atoms with Gasteiger partial charge in [-0.05, 0) is 94.6 Å². The molecule has 2 atom stereocenters. The van der Waals surface area contributed by atoms with E-state index in [9.17, 15) is 13.2 Å². The molecule has 8 heteroatoms. The maximum Gasteiger partial charge on any atom is 0.328 e. The molecule has 0 spiro atoms. The molecule has 2 unspecified atom stereocenters. The number of hydrogen-bond donors (Lipinski definition) is 0. The summed E-state index contributed by atoms with van der Waals surface area (Å²) in [6.45, 7) is 11.5. The van der Waals surface area contributed by atoms with Crippen LogP contribution in [0.25, 0.3) is 0 Å². The molecule has 0 aliphatic carbocycles. The van der Waals surface area contributed by atoms with Gasteiger partial charge >= 0.3 is 5.97 Å². The highest BCUT2D eigenvalue weighted by atomic mass is 32.2. The summed E-state index contributed by atoms with van der Waals surface area (Å²) in [6.07, 6.45) is 6.15. The molecule has 1 aliphatic rings. The van der Waals surface area contributed by atoms with Crippen LogP contribution in [0.4, 0.5) is 0 Å². The second kappa shape index (κ2) is 14.7. The minimum atomic E-state index is -4.13. The third kappa shape index (κ3) is 7.54. The molecule has 2 aromatic carbocycles.